The number of benzene rings is 2. The molecule has 0 saturated carbocycles. The number of alkyl carbamates (subject to hydrolysis) is 1. The van der Waals surface area contributed by atoms with Gasteiger partial charge in [0.15, 0.2) is 0 Å². The van der Waals surface area contributed by atoms with Crippen molar-refractivity contribution in [2.75, 3.05) is 0 Å². The average Bonchev–Trinajstić information content (AvgIpc) is 3.45. The molecule has 0 aliphatic heterocycles. The Morgan fingerprint density at radius 2 is 1.57 bits per heavy atom. The number of primary amides is 1. The SMILES string of the molecule is CC(C)[C@H](NC(N)=O)C(=O)N[C@@H](Cc1ccccc1)C[C@H](O)[C@H](Cc1ccccc1)NC(=O)OCc1cncs1. The third-order valence-electron chi connectivity index (χ3n) is 6.34. The van der Waals surface area contributed by atoms with E-state index in [1.165, 1.54) is 11.3 Å². The number of aromatic nitrogens is 1. The number of amides is 4. The second-order valence-electron chi connectivity index (χ2n) is 9.91. The van der Waals surface area contributed by atoms with Gasteiger partial charge in [-0.3, -0.25) is 9.78 Å². The molecule has 214 valence electrons. The van der Waals surface area contributed by atoms with E-state index in [0.29, 0.717) is 12.8 Å². The van der Waals surface area contributed by atoms with E-state index in [1.54, 1.807) is 25.6 Å². The number of aliphatic hydroxyl groups is 1. The second-order valence-corrected chi connectivity index (χ2v) is 10.9. The average molecular weight is 568 g/mol. The molecule has 1 heterocycles. The van der Waals surface area contributed by atoms with Gasteiger partial charge in [-0.25, -0.2) is 9.59 Å². The number of rotatable bonds is 14. The number of urea groups is 1. The maximum absolute atomic E-state index is 13.2. The van der Waals surface area contributed by atoms with E-state index in [0.717, 1.165) is 16.0 Å². The summed E-state index contributed by atoms with van der Waals surface area (Å²) in [7, 11) is 0. The number of hydrogen-bond acceptors (Lipinski definition) is 7. The number of carbonyl (C=O) groups excluding carboxylic acids is 3. The van der Waals surface area contributed by atoms with Crippen LogP contribution in [0.2, 0.25) is 0 Å². The Morgan fingerprint density at radius 1 is 0.950 bits per heavy atom. The van der Waals surface area contributed by atoms with Crippen molar-refractivity contribution < 1.29 is 24.2 Å². The topological polar surface area (TPSA) is 156 Å². The zero-order chi connectivity index (χ0) is 28.9. The first-order valence-corrected chi connectivity index (χ1v) is 14.0. The standard InChI is InChI=1S/C29H37N5O5S/c1-19(2)26(34-28(30)37)27(36)32-22(13-20-9-5-3-6-10-20)15-25(35)24(14-21-11-7-4-8-12-21)33-29(38)39-17-23-16-31-18-40-23/h3-12,16,18-19,22,24-26,35H,13-15,17H2,1-2H3,(H,32,36)(H,33,38)(H3,30,34,37)/t22-,24-,25-,26-/m0/s1. The molecule has 4 amide bonds. The summed E-state index contributed by atoms with van der Waals surface area (Å²) in [6, 6.07) is 16.2. The number of aliphatic hydroxyl groups excluding tert-OH is 1. The second kappa shape index (κ2) is 15.6. The van der Waals surface area contributed by atoms with Gasteiger partial charge >= 0.3 is 12.1 Å². The molecule has 1 aromatic heterocycles. The summed E-state index contributed by atoms with van der Waals surface area (Å²) in [5.41, 5.74) is 8.83. The zero-order valence-corrected chi connectivity index (χ0v) is 23.5. The molecule has 0 fully saturated rings. The van der Waals surface area contributed by atoms with Crippen LogP contribution in [-0.4, -0.2) is 52.4 Å². The summed E-state index contributed by atoms with van der Waals surface area (Å²) in [4.78, 5) is 42.1. The van der Waals surface area contributed by atoms with Crippen LogP contribution >= 0.6 is 11.3 Å². The first-order valence-electron chi connectivity index (χ1n) is 13.1. The molecule has 0 saturated heterocycles. The molecule has 4 atom stereocenters. The monoisotopic (exact) mass is 567 g/mol. The van der Waals surface area contributed by atoms with Gasteiger partial charge in [0.2, 0.25) is 5.91 Å². The summed E-state index contributed by atoms with van der Waals surface area (Å²) in [5, 5.41) is 19.7. The minimum absolute atomic E-state index is 0.0702. The molecule has 0 aliphatic carbocycles. The number of nitrogens with one attached hydrogen (secondary N) is 3. The summed E-state index contributed by atoms with van der Waals surface area (Å²) in [6.07, 6.45) is 0.840. The number of nitrogens with zero attached hydrogens (tertiary/aromatic N) is 1. The fourth-order valence-electron chi connectivity index (χ4n) is 4.32. The summed E-state index contributed by atoms with van der Waals surface area (Å²) in [6.45, 7) is 3.68. The smallest absolute Gasteiger partial charge is 0.407 e. The molecule has 6 N–H and O–H groups in total. The number of nitrogens with two attached hydrogens (primary N) is 1. The van der Waals surface area contributed by atoms with Crippen molar-refractivity contribution in [2.24, 2.45) is 11.7 Å². The van der Waals surface area contributed by atoms with Crippen LogP contribution in [0.25, 0.3) is 0 Å². The van der Waals surface area contributed by atoms with Gasteiger partial charge in [-0.05, 0) is 36.3 Å². The zero-order valence-electron chi connectivity index (χ0n) is 22.7. The van der Waals surface area contributed by atoms with Crippen LogP contribution in [0, 0.1) is 5.92 Å². The molecule has 2 aromatic carbocycles. The Hall–Kier alpha value is -3.96. The molecule has 0 radical (unpaired) electrons. The van der Waals surface area contributed by atoms with Gasteiger partial charge in [-0.15, -0.1) is 11.3 Å². The first-order chi connectivity index (χ1) is 19.2. The fraction of sp³-hybridized carbons (Fsp3) is 0.379. The Labute approximate surface area is 238 Å². The van der Waals surface area contributed by atoms with Crippen LogP contribution in [0.4, 0.5) is 9.59 Å². The van der Waals surface area contributed by atoms with Crippen molar-refractivity contribution in [1.82, 2.24) is 20.9 Å². The van der Waals surface area contributed by atoms with E-state index in [2.05, 4.69) is 20.9 Å². The lowest BCUT2D eigenvalue weighted by molar-refractivity contribution is -0.124. The molecule has 0 unspecified atom stereocenters. The lowest BCUT2D eigenvalue weighted by atomic mass is 9.93. The normalized spacial score (nSPS) is 14.0. The minimum Gasteiger partial charge on any atom is -0.444 e. The van der Waals surface area contributed by atoms with Crippen LogP contribution in [0.3, 0.4) is 0 Å². The predicted molar refractivity (Wildman–Crippen MR) is 153 cm³/mol. The van der Waals surface area contributed by atoms with E-state index in [1.807, 2.05) is 60.7 Å². The highest BCUT2D eigenvalue weighted by molar-refractivity contribution is 7.09. The van der Waals surface area contributed by atoms with E-state index >= 15 is 0 Å². The van der Waals surface area contributed by atoms with Gasteiger partial charge in [0.25, 0.3) is 0 Å². The van der Waals surface area contributed by atoms with Crippen molar-refractivity contribution >= 4 is 29.4 Å². The van der Waals surface area contributed by atoms with Gasteiger partial charge in [0.05, 0.1) is 22.5 Å². The van der Waals surface area contributed by atoms with Gasteiger partial charge in [0.1, 0.15) is 12.6 Å². The Morgan fingerprint density at radius 3 is 2.12 bits per heavy atom. The molecule has 3 aromatic rings. The Kier molecular flexibility index (Phi) is 11.9. The highest BCUT2D eigenvalue weighted by Crippen LogP contribution is 2.15. The van der Waals surface area contributed by atoms with Crippen molar-refractivity contribution in [3.05, 3.63) is 88.4 Å². The van der Waals surface area contributed by atoms with Gasteiger partial charge < -0.3 is 31.5 Å². The lowest BCUT2D eigenvalue weighted by Gasteiger charge is -2.30. The molecule has 11 heteroatoms. The molecule has 10 nitrogen and oxygen atoms in total. The summed E-state index contributed by atoms with van der Waals surface area (Å²) >= 11 is 1.38. The molecule has 3 rings (SSSR count). The summed E-state index contributed by atoms with van der Waals surface area (Å²) < 4.78 is 5.35. The largest absolute Gasteiger partial charge is 0.444 e. The maximum atomic E-state index is 13.2. The van der Waals surface area contributed by atoms with Gasteiger partial charge in [-0.1, -0.05) is 74.5 Å². The predicted octanol–water partition coefficient (Wildman–Crippen LogP) is 3.15. The first kappa shape index (κ1) is 30.6. The molecule has 0 bridgehead atoms. The van der Waals surface area contributed by atoms with Crippen LogP contribution in [0.1, 0.15) is 36.3 Å². The van der Waals surface area contributed by atoms with Crippen molar-refractivity contribution in [3.8, 4) is 0 Å². The quantitative estimate of drug-likeness (QED) is 0.202. The van der Waals surface area contributed by atoms with Crippen LogP contribution in [-0.2, 0) is 29.0 Å². The number of carbonyl (C=O) groups is 3. The maximum Gasteiger partial charge on any atom is 0.407 e. The van der Waals surface area contributed by atoms with E-state index in [4.69, 9.17) is 10.5 Å². The number of thiazole rings is 1. The lowest BCUT2D eigenvalue weighted by Crippen LogP contribution is -2.55. The molecule has 40 heavy (non-hydrogen) atoms. The fourth-order valence-corrected chi connectivity index (χ4v) is 4.83. The number of hydrogen-bond donors (Lipinski definition) is 5. The Balaban J connectivity index is 1.76. The molecular formula is C29H37N5O5S. The van der Waals surface area contributed by atoms with E-state index in [9.17, 15) is 19.5 Å². The highest BCUT2D eigenvalue weighted by Gasteiger charge is 2.30. The van der Waals surface area contributed by atoms with Crippen LogP contribution in [0.5, 0.6) is 0 Å². The number of ether oxygens (including phenoxy) is 1. The van der Waals surface area contributed by atoms with Crippen molar-refractivity contribution in [3.63, 3.8) is 0 Å². The third kappa shape index (κ3) is 10.3. The Bertz CT molecular complexity index is 1190. The van der Waals surface area contributed by atoms with Gasteiger partial charge in [-0.2, -0.15) is 0 Å². The molecule has 0 spiro atoms. The molecule has 0 aliphatic rings. The van der Waals surface area contributed by atoms with E-state index < -0.39 is 42.3 Å². The van der Waals surface area contributed by atoms with Crippen LogP contribution < -0.4 is 21.7 Å². The molecular weight excluding hydrogens is 530 g/mol. The van der Waals surface area contributed by atoms with E-state index in [-0.39, 0.29) is 18.9 Å². The highest BCUT2D eigenvalue weighted by atomic mass is 32.1. The third-order valence-corrected chi connectivity index (χ3v) is 7.09. The van der Waals surface area contributed by atoms with Crippen molar-refractivity contribution in [1.29, 1.82) is 0 Å². The van der Waals surface area contributed by atoms with Gasteiger partial charge in [0, 0.05) is 12.2 Å². The minimum atomic E-state index is -1.04. The van der Waals surface area contributed by atoms with Crippen molar-refractivity contribution in [2.45, 2.75) is 63.9 Å². The summed E-state index contributed by atoms with van der Waals surface area (Å²) in [5.74, 6) is -0.617. The van der Waals surface area contributed by atoms with Crippen LogP contribution in [0.15, 0.2) is 72.4 Å².